The van der Waals surface area contributed by atoms with Crippen LogP contribution in [0.1, 0.15) is 39.5 Å². The molecule has 1 saturated carbocycles. The third-order valence-corrected chi connectivity index (χ3v) is 3.10. The van der Waals surface area contributed by atoms with Gasteiger partial charge in [0.25, 0.3) is 0 Å². The quantitative estimate of drug-likeness (QED) is 0.739. The lowest BCUT2D eigenvalue weighted by Gasteiger charge is -2.26. The largest absolute Gasteiger partial charge is 0.377 e. The molecule has 4 heteroatoms. The molecule has 0 aromatic carbocycles. The Bertz CT molecular complexity index is 221. The molecule has 94 valence electrons. The Morgan fingerprint density at radius 3 is 2.94 bits per heavy atom. The van der Waals surface area contributed by atoms with Gasteiger partial charge in [0.05, 0.1) is 6.10 Å². The summed E-state index contributed by atoms with van der Waals surface area (Å²) in [6.45, 7) is 5.21. The van der Waals surface area contributed by atoms with Crippen molar-refractivity contribution in [2.75, 3.05) is 13.2 Å². The molecule has 0 heterocycles. The minimum atomic E-state index is 0.0891. The van der Waals surface area contributed by atoms with Crippen LogP contribution in [0.2, 0.25) is 0 Å². The maximum Gasteiger partial charge on any atom is 0.223 e. The van der Waals surface area contributed by atoms with Crippen molar-refractivity contribution in [3.8, 4) is 0 Å². The molecule has 0 bridgehead atoms. The standard InChI is InChI=1S/C12H24N2O2/c1-3-16-9(2)8-14-12(15)10-5-4-6-11(13)7-10/h9-11H,3-8,13H2,1-2H3,(H,14,15). The zero-order chi connectivity index (χ0) is 12.0. The molecule has 4 nitrogen and oxygen atoms in total. The number of carbonyl (C=O) groups is 1. The molecule has 3 N–H and O–H groups in total. The fraction of sp³-hybridized carbons (Fsp3) is 0.917. The van der Waals surface area contributed by atoms with E-state index in [-0.39, 0.29) is 24.0 Å². The lowest BCUT2D eigenvalue weighted by molar-refractivity contribution is -0.126. The summed E-state index contributed by atoms with van der Waals surface area (Å²) < 4.78 is 5.36. The molecule has 1 fully saturated rings. The Kier molecular flexibility index (Phi) is 5.77. The van der Waals surface area contributed by atoms with Crippen molar-refractivity contribution in [2.45, 2.75) is 51.7 Å². The Morgan fingerprint density at radius 1 is 1.56 bits per heavy atom. The van der Waals surface area contributed by atoms with Crippen LogP contribution in [0.15, 0.2) is 0 Å². The van der Waals surface area contributed by atoms with Crippen molar-refractivity contribution in [3.05, 3.63) is 0 Å². The fourth-order valence-electron chi connectivity index (χ4n) is 2.20. The summed E-state index contributed by atoms with van der Waals surface area (Å²) in [5.74, 6) is 0.249. The smallest absolute Gasteiger partial charge is 0.223 e. The Hall–Kier alpha value is -0.610. The number of rotatable bonds is 5. The molecule has 1 aliphatic carbocycles. The second-order valence-electron chi connectivity index (χ2n) is 4.63. The van der Waals surface area contributed by atoms with Gasteiger partial charge < -0.3 is 15.8 Å². The fourth-order valence-corrected chi connectivity index (χ4v) is 2.20. The van der Waals surface area contributed by atoms with Gasteiger partial charge in [-0.15, -0.1) is 0 Å². The normalized spacial score (nSPS) is 27.4. The first kappa shape index (κ1) is 13.5. The molecule has 0 spiro atoms. The van der Waals surface area contributed by atoms with Crippen LogP contribution >= 0.6 is 0 Å². The molecule has 0 radical (unpaired) electrons. The molecule has 1 amide bonds. The third-order valence-electron chi connectivity index (χ3n) is 3.10. The zero-order valence-corrected chi connectivity index (χ0v) is 10.4. The van der Waals surface area contributed by atoms with Crippen molar-refractivity contribution in [2.24, 2.45) is 11.7 Å². The highest BCUT2D eigenvalue weighted by atomic mass is 16.5. The van der Waals surface area contributed by atoms with Crippen LogP contribution in [-0.4, -0.2) is 31.2 Å². The van der Waals surface area contributed by atoms with E-state index in [1.54, 1.807) is 0 Å². The highest BCUT2D eigenvalue weighted by Crippen LogP contribution is 2.22. The van der Waals surface area contributed by atoms with Gasteiger partial charge in [0, 0.05) is 25.1 Å². The van der Waals surface area contributed by atoms with Crippen molar-refractivity contribution < 1.29 is 9.53 Å². The second kappa shape index (κ2) is 6.86. The van der Waals surface area contributed by atoms with Gasteiger partial charge in [-0.2, -0.15) is 0 Å². The Balaban J connectivity index is 2.23. The first-order valence-corrected chi connectivity index (χ1v) is 6.28. The first-order chi connectivity index (χ1) is 7.63. The molecule has 0 saturated heterocycles. The predicted molar refractivity (Wildman–Crippen MR) is 64.0 cm³/mol. The van der Waals surface area contributed by atoms with E-state index in [2.05, 4.69) is 5.32 Å². The van der Waals surface area contributed by atoms with Crippen molar-refractivity contribution in [3.63, 3.8) is 0 Å². The number of hydrogen-bond donors (Lipinski definition) is 2. The molecule has 16 heavy (non-hydrogen) atoms. The lowest BCUT2D eigenvalue weighted by Crippen LogP contribution is -2.40. The second-order valence-corrected chi connectivity index (χ2v) is 4.63. The topological polar surface area (TPSA) is 64.3 Å². The highest BCUT2D eigenvalue weighted by Gasteiger charge is 2.25. The van der Waals surface area contributed by atoms with Gasteiger partial charge in [0.2, 0.25) is 5.91 Å². The van der Waals surface area contributed by atoms with Gasteiger partial charge in [0.1, 0.15) is 0 Å². The summed E-state index contributed by atoms with van der Waals surface area (Å²) >= 11 is 0. The monoisotopic (exact) mass is 228 g/mol. The number of carbonyl (C=O) groups excluding carboxylic acids is 1. The van der Waals surface area contributed by atoms with Gasteiger partial charge in [-0.25, -0.2) is 0 Å². The molecule has 1 rings (SSSR count). The molecule has 3 unspecified atom stereocenters. The maximum absolute atomic E-state index is 11.8. The average molecular weight is 228 g/mol. The zero-order valence-electron chi connectivity index (χ0n) is 10.4. The van der Waals surface area contributed by atoms with E-state index in [4.69, 9.17) is 10.5 Å². The number of nitrogens with one attached hydrogen (secondary N) is 1. The highest BCUT2D eigenvalue weighted by molar-refractivity contribution is 5.78. The summed E-state index contributed by atoms with van der Waals surface area (Å²) in [5.41, 5.74) is 5.86. The van der Waals surface area contributed by atoms with Gasteiger partial charge >= 0.3 is 0 Å². The molecule has 0 aromatic heterocycles. The van der Waals surface area contributed by atoms with E-state index in [1.165, 1.54) is 0 Å². The van der Waals surface area contributed by atoms with E-state index < -0.39 is 0 Å². The van der Waals surface area contributed by atoms with Gasteiger partial charge in [-0.3, -0.25) is 4.79 Å². The molecule has 1 aliphatic rings. The first-order valence-electron chi connectivity index (χ1n) is 6.28. The van der Waals surface area contributed by atoms with Crippen molar-refractivity contribution in [1.82, 2.24) is 5.32 Å². The number of nitrogens with two attached hydrogens (primary N) is 1. The van der Waals surface area contributed by atoms with E-state index in [9.17, 15) is 4.79 Å². The van der Waals surface area contributed by atoms with Crippen LogP contribution in [0.5, 0.6) is 0 Å². The summed E-state index contributed by atoms with van der Waals surface area (Å²) in [6.07, 6.45) is 4.02. The minimum Gasteiger partial charge on any atom is -0.377 e. The van der Waals surface area contributed by atoms with Gasteiger partial charge in [-0.05, 0) is 33.1 Å². The van der Waals surface area contributed by atoms with E-state index in [0.717, 1.165) is 25.7 Å². The maximum atomic E-state index is 11.8. The average Bonchev–Trinajstić information content (AvgIpc) is 2.26. The number of hydrogen-bond acceptors (Lipinski definition) is 3. The lowest BCUT2D eigenvalue weighted by atomic mass is 9.85. The van der Waals surface area contributed by atoms with Crippen molar-refractivity contribution >= 4 is 5.91 Å². The summed E-state index contributed by atoms with van der Waals surface area (Å²) in [7, 11) is 0. The summed E-state index contributed by atoms with van der Waals surface area (Å²) in [5, 5.41) is 2.94. The molecular formula is C12H24N2O2. The van der Waals surface area contributed by atoms with Crippen LogP contribution in [0, 0.1) is 5.92 Å². The van der Waals surface area contributed by atoms with E-state index in [0.29, 0.717) is 13.2 Å². The Morgan fingerprint density at radius 2 is 2.31 bits per heavy atom. The SMILES string of the molecule is CCOC(C)CNC(=O)C1CCCC(N)C1. The predicted octanol–water partition coefficient (Wildman–Crippen LogP) is 1.05. The van der Waals surface area contributed by atoms with E-state index in [1.807, 2.05) is 13.8 Å². The van der Waals surface area contributed by atoms with Crippen LogP contribution in [0.3, 0.4) is 0 Å². The molecule has 0 aromatic rings. The van der Waals surface area contributed by atoms with Crippen molar-refractivity contribution in [1.29, 1.82) is 0 Å². The molecular weight excluding hydrogens is 204 g/mol. The van der Waals surface area contributed by atoms with Crippen LogP contribution in [-0.2, 0) is 9.53 Å². The molecule has 0 aliphatic heterocycles. The van der Waals surface area contributed by atoms with Crippen LogP contribution < -0.4 is 11.1 Å². The van der Waals surface area contributed by atoms with Gasteiger partial charge in [-0.1, -0.05) is 6.42 Å². The van der Waals surface area contributed by atoms with Crippen LogP contribution in [0.25, 0.3) is 0 Å². The summed E-state index contributed by atoms with van der Waals surface area (Å²) in [4.78, 5) is 11.8. The number of ether oxygens (including phenoxy) is 1. The summed E-state index contributed by atoms with van der Waals surface area (Å²) in [6, 6.07) is 0.203. The Labute approximate surface area is 97.9 Å². The third kappa shape index (κ3) is 4.49. The number of amides is 1. The van der Waals surface area contributed by atoms with Crippen LogP contribution in [0.4, 0.5) is 0 Å². The van der Waals surface area contributed by atoms with Gasteiger partial charge in [0.15, 0.2) is 0 Å². The molecule has 3 atom stereocenters. The van der Waals surface area contributed by atoms with E-state index >= 15 is 0 Å². The minimum absolute atomic E-state index is 0.0891.